The zero-order valence-corrected chi connectivity index (χ0v) is 10.8. The number of anilines is 1. The highest BCUT2D eigenvalue weighted by molar-refractivity contribution is 5.90. The molecule has 98 valence electrons. The van der Waals surface area contributed by atoms with E-state index in [4.69, 9.17) is 0 Å². The lowest BCUT2D eigenvalue weighted by molar-refractivity contribution is 0.252. The highest BCUT2D eigenvalue weighted by Crippen LogP contribution is 2.03. The monoisotopic (exact) mass is 276 g/mol. The summed E-state index contributed by atoms with van der Waals surface area (Å²) in [6.07, 6.45) is 3.13. The van der Waals surface area contributed by atoms with Crippen molar-refractivity contribution in [2.45, 2.75) is 0 Å². The topological polar surface area (TPSA) is 66.4 Å². The lowest BCUT2D eigenvalue weighted by atomic mass is 10.3. The maximum Gasteiger partial charge on any atom is 0.339 e. The molecule has 0 aliphatic rings. The van der Waals surface area contributed by atoms with Crippen LogP contribution in [0.2, 0.25) is 0 Å². The van der Waals surface area contributed by atoms with Gasteiger partial charge in [-0.05, 0) is 24.3 Å². The molecule has 0 atom stereocenters. The summed E-state index contributed by atoms with van der Waals surface area (Å²) < 4.78 is 0. The minimum atomic E-state index is -0.395. The third-order valence-corrected chi connectivity index (χ3v) is 2.08. The first-order chi connectivity index (χ1) is 8.84. The van der Waals surface area contributed by atoms with Crippen LogP contribution in [-0.4, -0.2) is 17.2 Å². The van der Waals surface area contributed by atoms with Gasteiger partial charge in [-0.1, -0.05) is 24.3 Å². The third-order valence-electron chi connectivity index (χ3n) is 2.08. The van der Waals surface area contributed by atoms with Crippen molar-refractivity contribution in [3.63, 3.8) is 0 Å². The Morgan fingerprint density at radius 3 is 2.53 bits per heavy atom. The summed E-state index contributed by atoms with van der Waals surface area (Å²) in [7, 11) is 0. The number of pyridine rings is 1. The fourth-order valence-electron chi connectivity index (χ4n) is 1.29. The molecule has 0 saturated carbocycles. The summed E-state index contributed by atoms with van der Waals surface area (Å²) in [5.41, 5.74) is 3.75. The number of hydrazone groups is 1. The molecule has 1 heterocycles. The lowest BCUT2D eigenvalue weighted by Gasteiger charge is -2.02. The van der Waals surface area contributed by atoms with Crippen molar-refractivity contribution in [3.05, 3.63) is 60.4 Å². The summed E-state index contributed by atoms with van der Waals surface area (Å²) in [5.74, 6) is 0. The second-order valence-corrected chi connectivity index (χ2v) is 3.44. The van der Waals surface area contributed by atoms with Crippen molar-refractivity contribution >= 4 is 30.3 Å². The van der Waals surface area contributed by atoms with Crippen molar-refractivity contribution < 1.29 is 4.79 Å². The minimum absolute atomic E-state index is 0. The Kier molecular flexibility index (Phi) is 6.05. The van der Waals surface area contributed by atoms with Crippen LogP contribution in [0.3, 0.4) is 0 Å². The van der Waals surface area contributed by atoms with Crippen molar-refractivity contribution in [1.29, 1.82) is 0 Å². The molecule has 6 heteroatoms. The van der Waals surface area contributed by atoms with Gasteiger partial charge in [0.05, 0.1) is 11.9 Å². The number of hydrogen-bond acceptors (Lipinski definition) is 3. The number of para-hydroxylation sites is 1. The normalized spacial score (nSPS) is 9.68. The van der Waals surface area contributed by atoms with E-state index in [1.54, 1.807) is 24.4 Å². The first-order valence-electron chi connectivity index (χ1n) is 5.41. The number of nitrogens with zero attached hydrogens (tertiary/aromatic N) is 2. The van der Waals surface area contributed by atoms with E-state index in [0.717, 1.165) is 0 Å². The molecule has 0 radical (unpaired) electrons. The van der Waals surface area contributed by atoms with Crippen LogP contribution in [0.1, 0.15) is 5.69 Å². The SMILES string of the molecule is Cl.O=C(NN=Cc1ccccn1)Nc1ccccc1. The molecule has 0 unspecified atom stereocenters. The molecule has 0 spiro atoms. The molecule has 0 bridgehead atoms. The molecule has 2 aromatic rings. The van der Waals surface area contributed by atoms with E-state index in [1.807, 2.05) is 30.3 Å². The molecular weight excluding hydrogens is 264 g/mol. The predicted molar refractivity (Wildman–Crippen MR) is 77.7 cm³/mol. The number of hydrogen-bond donors (Lipinski definition) is 2. The summed E-state index contributed by atoms with van der Waals surface area (Å²) in [6.45, 7) is 0. The summed E-state index contributed by atoms with van der Waals surface area (Å²) in [4.78, 5) is 15.5. The number of nitrogens with one attached hydrogen (secondary N) is 2. The second kappa shape index (κ2) is 7.84. The number of benzene rings is 1. The molecule has 0 fully saturated rings. The zero-order valence-electron chi connectivity index (χ0n) is 9.98. The number of aromatic nitrogens is 1. The standard InChI is InChI=1S/C13H12N4O.ClH/c18-13(16-11-6-2-1-3-7-11)17-15-10-12-8-4-5-9-14-12;/h1-10H,(H2,16,17,18);1H. The van der Waals surface area contributed by atoms with Crippen molar-refractivity contribution in [1.82, 2.24) is 10.4 Å². The number of amides is 2. The fourth-order valence-corrected chi connectivity index (χ4v) is 1.29. The van der Waals surface area contributed by atoms with E-state index in [2.05, 4.69) is 20.8 Å². The number of urea groups is 1. The van der Waals surface area contributed by atoms with E-state index in [-0.39, 0.29) is 12.4 Å². The average molecular weight is 277 g/mol. The molecule has 1 aromatic heterocycles. The number of carbonyl (C=O) groups excluding carboxylic acids is 1. The van der Waals surface area contributed by atoms with Gasteiger partial charge in [-0.3, -0.25) is 4.98 Å². The Labute approximate surface area is 117 Å². The average Bonchev–Trinajstić information content (AvgIpc) is 2.41. The predicted octanol–water partition coefficient (Wildman–Crippen LogP) is 2.66. The van der Waals surface area contributed by atoms with Gasteiger partial charge in [0.25, 0.3) is 0 Å². The van der Waals surface area contributed by atoms with Gasteiger partial charge >= 0.3 is 6.03 Å². The van der Waals surface area contributed by atoms with Crippen molar-refractivity contribution in [3.8, 4) is 0 Å². The van der Waals surface area contributed by atoms with E-state index in [1.165, 1.54) is 6.21 Å². The van der Waals surface area contributed by atoms with Crippen LogP contribution in [-0.2, 0) is 0 Å². The van der Waals surface area contributed by atoms with Crippen LogP contribution >= 0.6 is 12.4 Å². The van der Waals surface area contributed by atoms with Crippen LogP contribution in [0.4, 0.5) is 10.5 Å². The van der Waals surface area contributed by atoms with Gasteiger partial charge in [-0.15, -0.1) is 12.4 Å². The Morgan fingerprint density at radius 2 is 1.84 bits per heavy atom. The van der Waals surface area contributed by atoms with Gasteiger partial charge in [0, 0.05) is 11.9 Å². The zero-order chi connectivity index (χ0) is 12.6. The van der Waals surface area contributed by atoms with E-state index in [0.29, 0.717) is 11.4 Å². The summed E-state index contributed by atoms with van der Waals surface area (Å²) in [5, 5.41) is 6.43. The molecule has 5 nitrogen and oxygen atoms in total. The van der Waals surface area contributed by atoms with E-state index in [9.17, 15) is 4.79 Å². The largest absolute Gasteiger partial charge is 0.339 e. The van der Waals surface area contributed by atoms with Crippen molar-refractivity contribution in [2.75, 3.05) is 5.32 Å². The van der Waals surface area contributed by atoms with Crippen LogP contribution in [0.15, 0.2) is 59.8 Å². The smallest absolute Gasteiger partial charge is 0.307 e. The second-order valence-electron chi connectivity index (χ2n) is 3.44. The van der Waals surface area contributed by atoms with E-state index < -0.39 is 6.03 Å². The molecule has 2 N–H and O–H groups in total. The summed E-state index contributed by atoms with van der Waals surface area (Å²) >= 11 is 0. The maximum atomic E-state index is 11.4. The maximum absolute atomic E-state index is 11.4. The first-order valence-corrected chi connectivity index (χ1v) is 5.41. The number of halogens is 1. The van der Waals surface area contributed by atoms with Gasteiger partial charge in [-0.25, -0.2) is 10.2 Å². The van der Waals surface area contributed by atoms with Crippen LogP contribution in [0.5, 0.6) is 0 Å². The van der Waals surface area contributed by atoms with Gasteiger partial charge < -0.3 is 5.32 Å². The van der Waals surface area contributed by atoms with Gasteiger partial charge in [0.1, 0.15) is 0 Å². The number of rotatable bonds is 3. The minimum Gasteiger partial charge on any atom is -0.307 e. The fraction of sp³-hybridized carbons (Fsp3) is 0. The highest BCUT2D eigenvalue weighted by Gasteiger charge is 1.97. The van der Waals surface area contributed by atoms with E-state index >= 15 is 0 Å². The lowest BCUT2D eigenvalue weighted by Crippen LogP contribution is -2.24. The first kappa shape index (κ1) is 14.7. The van der Waals surface area contributed by atoms with Crippen LogP contribution in [0.25, 0.3) is 0 Å². The molecule has 0 saturated heterocycles. The molecule has 1 aromatic carbocycles. The van der Waals surface area contributed by atoms with Crippen LogP contribution < -0.4 is 10.7 Å². The summed E-state index contributed by atoms with van der Waals surface area (Å²) in [6, 6.07) is 14.2. The molecular formula is C13H13ClN4O. The molecule has 2 rings (SSSR count). The van der Waals surface area contributed by atoms with Gasteiger partial charge in [0.15, 0.2) is 0 Å². The molecule has 0 aliphatic carbocycles. The molecule has 0 aliphatic heterocycles. The van der Waals surface area contributed by atoms with Gasteiger partial charge in [0.2, 0.25) is 0 Å². The Balaban J connectivity index is 0.00000180. The Hall–Kier alpha value is -2.40. The van der Waals surface area contributed by atoms with Crippen LogP contribution in [0, 0.1) is 0 Å². The Morgan fingerprint density at radius 1 is 1.11 bits per heavy atom. The molecule has 19 heavy (non-hydrogen) atoms. The number of carbonyl (C=O) groups is 1. The Bertz CT molecular complexity index is 531. The van der Waals surface area contributed by atoms with Crippen molar-refractivity contribution in [2.24, 2.45) is 5.10 Å². The molecule has 2 amide bonds. The van der Waals surface area contributed by atoms with Gasteiger partial charge in [-0.2, -0.15) is 5.10 Å². The highest BCUT2D eigenvalue weighted by atomic mass is 35.5. The third kappa shape index (κ3) is 5.18. The quantitative estimate of drug-likeness (QED) is 0.668.